The lowest BCUT2D eigenvalue weighted by molar-refractivity contribution is 0.0460. The van der Waals surface area contributed by atoms with E-state index in [9.17, 15) is 5.11 Å². The lowest BCUT2D eigenvalue weighted by Gasteiger charge is -2.42. The molecule has 0 saturated carbocycles. The molecular weight excluding hydrogens is 264 g/mol. The first-order chi connectivity index (χ1) is 10.1. The highest BCUT2D eigenvalue weighted by Crippen LogP contribution is 2.16. The van der Waals surface area contributed by atoms with E-state index >= 15 is 0 Å². The topological polar surface area (TPSA) is 44.5 Å². The number of aromatic nitrogens is 2. The van der Waals surface area contributed by atoms with Gasteiger partial charge in [0.1, 0.15) is 5.82 Å². The summed E-state index contributed by atoms with van der Waals surface area (Å²) in [6, 6.07) is 0.469. The average molecular weight is 294 g/mol. The maximum Gasteiger partial charge on any atom is 0.122 e. The second kappa shape index (κ2) is 7.92. The van der Waals surface area contributed by atoms with Crippen molar-refractivity contribution in [2.75, 3.05) is 32.8 Å². The molecule has 0 radical (unpaired) electrons. The van der Waals surface area contributed by atoms with Gasteiger partial charge < -0.3 is 9.67 Å². The molecule has 0 aromatic carbocycles. The Morgan fingerprint density at radius 1 is 1.38 bits per heavy atom. The summed E-state index contributed by atoms with van der Waals surface area (Å²) in [5, 5.41) is 9.33. The van der Waals surface area contributed by atoms with Gasteiger partial charge in [0.2, 0.25) is 0 Å². The van der Waals surface area contributed by atoms with Gasteiger partial charge in [-0.25, -0.2) is 4.98 Å². The number of imidazole rings is 1. The number of nitrogens with zero attached hydrogens (tertiary/aromatic N) is 4. The van der Waals surface area contributed by atoms with Crippen LogP contribution in [0.3, 0.4) is 0 Å². The minimum Gasteiger partial charge on any atom is -0.396 e. The summed E-state index contributed by atoms with van der Waals surface area (Å²) < 4.78 is 2.21. The molecule has 5 nitrogen and oxygen atoms in total. The summed E-state index contributed by atoms with van der Waals surface area (Å²) >= 11 is 0. The predicted molar refractivity (Wildman–Crippen MR) is 85.1 cm³/mol. The first-order valence-corrected chi connectivity index (χ1v) is 8.21. The van der Waals surface area contributed by atoms with Gasteiger partial charge in [0.25, 0.3) is 0 Å². The van der Waals surface area contributed by atoms with E-state index in [1.54, 1.807) is 0 Å². The zero-order valence-electron chi connectivity index (χ0n) is 13.7. The zero-order valence-corrected chi connectivity index (χ0v) is 13.7. The van der Waals surface area contributed by atoms with E-state index in [0.717, 1.165) is 51.5 Å². The predicted octanol–water partition coefficient (Wildman–Crippen LogP) is 1.43. The summed E-state index contributed by atoms with van der Waals surface area (Å²) in [7, 11) is 0. The average Bonchev–Trinajstić information content (AvgIpc) is 2.89. The van der Waals surface area contributed by atoms with Crippen molar-refractivity contribution in [3.05, 3.63) is 18.2 Å². The molecule has 1 aromatic rings. The molecule has 2 heterocycles. The van der Waals surface area contributed by atoms with Gasteiger partial charge in [0, 0.05) is 57.8 Å². The molecule has 5 heteroatoms. The van der Waals surface area contributed by atoms with E-state index in [1.807, 2.05) is 6.20 Å². The Labute approximate surface area is 128 Å². The van der Waals surface area contributed by atoms with Crippen LogP contribution >= 0.6 is 0 Å². The molecule has 1 aliphatic heterocycles. The number of hydrogen-bond donors (Lipinski definition) is 1. The maximum atomic E-state index is 9.33. The van der Waals surface area contributed by atoms with Crippen LogP contribution in [0, 0.1) is 5.92 Å². The van der Waals surface area contributed by atoms with E-state index in [0.29, 0.717) is 12.0 Å². The first-order valence-electron chi connectivity index (χ1n) is 8.21. The molecule has 0 bridgehead atoms. The quantitative estimate of drug-likeness (QED) is 0.826. The molecular formula is C16H30N4O. The van der Waals surface area contributed by atoms with Gasteiger partial charge in [-0.3, -0.25) is 9.80 Å². The Bertz CT molecular complexity index is 418. The van der Waals surface area contributed by atoms with Crippen molar-refractivity contribution in [2.24, 2.45) is 5.92 Å². The van der Waals surface area contributed by atoms with Crippen molar-refractivity contribution in [3.63, 3.8) is 0 Å². The van der Waals surface area contributed by atoms with Gasteiger partial charge in [0.05, 0.1) is 6.54 Å². The van der Waals surface area contributed by atoms with Crippen LogP contribution in [0.2, 0.25) is 0 Å². The molecule has 1 N–H and O–H groups in total. The SMILES string of the molecule is CCn1ccnc1CN1CCN(CC(C)C)[C@H](CCO)C1. The van der Waals surface area contributed by atoms with Crippen LogP contribution in [0.15, 0.2) is 12.4 Å². The highest BCUT2D eigenvalue weighted by molar-refractivity contribution is 4.94. The van der Waals surface area contributed by atoms with Crippen LogP contribution in [0.1, 0.15) is 33.0 Å². The Morgan fingerprint density at radius 3 is 2.86 bits per heavy atom. The van der Waals surface area contributed by atoms with Crippen molar-refractivity contribution < 1.29 is 5.11 Å². The second-order valence-electron chi connectivity index (χ2n) is 6.42. The maximum absolute atomic E-state index is 9.33. The Balaban J connectivity index is 1.95. The number of hydrogen-bond acceptors (Lipinski definition) is 4. The Kier molecular flexibility index (Phi) is 6.21. The molecule has 1 atom stereocenters. The van der Waals surface area contributed by atoms with Gasteiger partial charge in [0.15, 0.2) is 0 Å². The van der Waals surface area contributed by atoms with Gasteiger partial charge in [-0.1, -0.05) is 13.8 Å². The van der Waals surface area contributed by atoms with Gasteiger partial charge in [-0.15, -0.1) is 0 Å². The molecule has 0 spiro atoms. The Morgan fingerprint density at radius 2 is 2.19 bits per heavy atom. The summed E-state index contributed by atoms with van der Waals surface area (Å²) in [6.07, 6.45) is 4.81. The molecule has 0 unspecified atom stereocenters. The third-order valence-corrected chi connectivity index (χ3v) is 4.26. The van der Waals surface area contributed by atoms with Crippen LogP contribution < -0.4 is 0 Å². The lowest BCUT2D eigenvalue weighted by Crippen LogP contribution is -2.54. The van der Waals surface area contributed by atoms with Crippen molar-refractivity contribution in [1.82, 2.24) is 19.4 Å². The lowest BCUT2D eigenvalue weighted by atomic mass is 10.1. The largest absolute Gasteiger partial charge is 0.396 e. The molecule has 1 saturated heterocycles. The molecule has 1 fully saturated rings. The summed E-state index contributed by atoms with van der Waals surface area (Å²) in [5.74, 6) is 1.83. The van der Waals surface area contributed by atoms with Crippen LogP contribution in [0.25, 0.3) is 0 Å². The molecule has 0 amide bonds. The smallest absolute Gasteiger partial charge is 0.122 e. The normalized spacial score (nSPS) is 21.3. The van der Waals surface area contributed by atoms with E-state index in [1.165, 1.54) is 0 Å². The Hall–Kier alpha value is -0.910. The van der Waals surface area contributed by atoms with Crippen molar-refractivity contribution >= 4 is 0 Å². The molecule has 21 heavy (non-hydrogen) atoms. The zero-order chi connectivity index (χ0) is 15.2. The third kappa shape index (κ3) is 4.53. The third-order valence-electron chi connectivity index (χ3n) is 4.26. The van der Waals surface area contributed by atoms with Crippen molar-refractivity contribution in [1.29, 1.82) is 0 Å². The van der Waals surface area contributed by atoms with E-state index < -0.39 is 0 Å². The fraction of sp³-hybridized carbons (Fsp3) is 0.812. The monoisotopic (exact) mass is 294 g/mol. The molecule has 1 aliphatic rings. The van der Waals surface area contributed by atoms with E-state index in [4.69, 9.17) is 0 Å². The van der Waals surface area contributed by atoms with Crippen molar-refractivity contribution in [2.45, 2.75) is 46.3 Å². The number of aryl methyl sites for hydroxylation is 1. The number of piperazine rings is 1. The number of rotatable bonds is 7. The van der Waals surface area contributed by atoms with Gasteiger partial charge in [-0.05, 0) is 19.3 Å². The minimum absolute atomic E-state index is 0.274. The van der Waals surface area contributed by atoms with E-state index in [-0.39, 0.29) is 6.61 Å². The molecule has 2 rings (SSSR count). The first kappa shape index (κ1) is 16.5. The number of aliphatic hydroxyl groups is 1. The van der Waals surface area contributed by atoms with E-state index in [2.05, 4.69) is 46.3 Å². The van der Waals surface area contributed by atoms with Crippen LogP contribution in [0.4, 0.5) is 0 Å². The van der Waals surface area contributed by atoms with Crippen LogP contribution in [0.5, 0.6) is 0 Å². The second-order valence-corrected chi connectivity index (χ2v) is 6.42. The minimum atomic E-state index is 0.274. The standard InChI is InChI=1S/C16H30N4O/c1-4-19-7-6-17-16(19)13-18-8-9-20(11-14(2)3)15(12-18)5-10-21/h6-7,14-15,21H,4-5,8-13H2,1-3H3/t15-/m1/s1. The van der Waals surface area contributed by atoms with Gasteiger partial charge >= 0.3 is 0 Å². The highest BCUT2D eigenvalue weighted by atomic mass is 16.3. The highest BCUT2D eigenvalue weighted by Gasteiger charge is 2.27. The number of aliphatic hydroxyl groups excluding tert-OH is 1. The summed E-state index contributed by atoms with van der Waals surface area (Å²) in [6.45, 7) is 13.2. The fourth-order valence-corrected chi connectivity index (χ4v) is 3.21. The fourth-order valence-electron chi connectivity index (χ4n) is 3.21. The van der Waals surface area contributed by atoms with Crippen LogP contribution in [-0.4, -0.2) is 63.3 Å². The van der Waals surface area contributed by atoms with Crippen LogP contribution in [-0.2, 0) is 13.1 Å². The summed E-state index contributed by atoms with van der Waals surface area (Å²) in [4.78, 5) is 9.50. The van der Waals surface area contributed by atoms with Gasteiger partial charge in [-0.2, -0.15) is 0 Å². The van der Waals surface area contributed by atoms with Crippen molar-refractivity contribution in [3.8, 4) is 0 Å². The molecule has 0 aliphatic carbocycles. The molecule has 1 aromatic heterocycles. The molecule has 120 valence electrons. The summed E-state index contributed by atoms with van der Waals surface area (Å²) in [5.41, 5.74) is 0.